The van der Waals surface area contributed by atoms with Gasteiger partial charge >= 0.3 is 0 Å². The number of fused-ring (bicyclic) bond motifs is 1. The lowest BCUT2D eigenvalue weighted by atomic mass is 10.0. The largest absolute Gasteiger partial charge is 0.345 e. The highest BCUT2D eigenvalue weighted by molar-refractivity contribution is 5.85. The van der Waals surface area contributed by atoms with Crippen LogP contribution in [0.1, 0.15) is 70.5 Å². The van der Waals surface area contributed by atoms with E-state index in [4.69, 9.17) is 5.26 Å². The molecule has 2 rings (SSSR count). The molecule has 4 heteroatoms. The summed E-state index contributed by atoms with van der Waals surface area (Å²) in [5, 5.41) is 9.95. The van der Waals surface area contributed by atoms with Gasteiger partial charge in [-0.1, -0.05) is 41.5 Å². The Balaban J connectivity index is 0.000000861. The van der Waals surface area contributed by atoms with Gasteiger partial charge in [-0.05, 0) is 5.92 Å². The van der Waals surface area contributed by atoms with Crippen LogP contribution >= 0.6 is 0 Å². The van der Waals surface area contributed by atoms with Crippen LogP contribution in [-0.2, 0) is 0 Å². The van der Waals surface area contributed by atoms with Crippen molar-refractivity contribution in [3.63, 3.8) is 0 Å². The fourth-order valence-electron chi connectivity index (χ4n) is 1.84. The zero-order chi connectivity index (χ0) is 14.6. The number of hydrogen-bond donors (Lipinski definition) is 1. The zero-order valence-corrected chi connectivity index (χ0v) is 12.6. The summed E-state index contributed by atoms with van der Waals surface area (Å²) in [5.74, 6) is 1.39. The van der Waals surface area contributed by atoms with Crippen molar-refractivity contribution in [3.8, 4) is 6.07 Å². The molecule has 0 unspecified atom stereocenters. The van der Waals surface area contributed by atoms with Crippen molar-refractivity contribution in [2.45, 2.75) is 53.4 Å². The van der Waals surface area contributed by atoms with Gasteiger partial charge in [-0.3, -0.25) is 0 Å². The Kier molecular flexibility index (Phi) is 5.05. The van der Waals surface area contributed by atoms with E-state index in [1.165, 1.54) is 0 Å². The van der Waals surface area contributed by atoms with Crippen LogP contribution in [0.15, 0.2) is 6.20 Å². The highest BCUT2D eigenvalue weighted by atomic mass is 15.0. The molecule has 19 heavy (non-hydrogen) atoms. The van der Waals surface area contributed by atoms with Gasteiger partial charge in [0.05, 0.1) is 16.6 Å². The van der Waals surface area contributed by atoms with Crippen LogP contribution in [0.4, 0.5) is 0 Å². The van der Waals surface area contributed by atoms with Crippen molar-refractivity contribution < 1.29 is 0 Å². The highest BCUT2D eigenvalue weighted by Crippen LogP contribution is 2.26. The van der Waals surface area contributed by atoms with Gasteiger partial charge in [-0.25, -0.2) is 9.97 Å². The molecule has 102 valence electrons. The number of nitriles is 1. The molecule has 0 fully saturated rings. The van der Waals surface area contributed by atoms with Gasteiger partial charge in [-0.2, -0.15) is 5.26 Å². The summed E-state index contributed by atoms with van der Waals surface area (Å²) in [5.41, 5.74) is 2.35. The second kappa shape index (κ2) is 6.33. The topological polar surface area (TPSA) is 65.4 Å². The minimum absolute atomic E-state index is 0.279. The predicted octanol–water partition coefficient (Wildman–Crippen LogP) is 4.10. The molecule has 0 radical (unpaired) electrons. The van der Waals surface area contributed by atoms with Gasteiger partial charge in [0.25, 0.3) is 0 Å². The molecular formula is C15H22N4. The van der Waals surface area contributed by atoms with Crippen LogP contribution in [0.3, 0.4) is 0 Å². The van der Waals surface area contributed by atoms with E-state index in [0.717, 1.165) is 22.6 Å². The minimum atomic E-state index is 0.279. The molecule has 1 N–H and O–H groups in total. The Labute approximate surface area is 114 Å². The van der Waals surface area contributed by atoms with E-state index in [-0.39, 0.29) is 11.8 Å². The molecule has 0 aliphatic heterocycles. The molecule has 2 heterocycles. The molecule has 0 saturated heterocycles. The van der Waals surface area contributed by atoms with Gasteiger partial charge in [0, 0.05) is 12.1 Å². The summed E-state index contributed by atoms with van der Waals surface area (Å²) in [6.45, 7) is 12.3. The molecule has 0 atom stereocenters. The molecule has 0 aromatic carbocycles. The lowest BCUT2D eigenvalue weighted by Gasteiger charge is -2.10. The van der Waals surface area contributed by atoms with Crippen LogP contribution in [0.2, 0.25) is 0 Å². The number of hydrogen-bond acceptors (Lipinski definition) is 3. The predicted molar refractivity (Wildman–Crippen MR) is 78.1 cm³/mol. The van der Waals surface area contributed by atoms with E-state index in [1.807, 2.05) is 13.8 Å². The van der Waals surface area contributed by atoms with Crippen LogP contribution in [0, 0.1) is 11.3 Å². The fourth-order valence-corrected chi connectivity index (χ4v) is 1.84. The van der Waals surface area contributed by atoms with Crippen LogP contribution < -0.4 is 0 Å². The van der Waals surface area contributed by atoms with Crippen LogP contribution in [0.5, 0.6) is 0 Å². The molecule has 0 saturated carbocycles. The summed E-state index contributed by atoms with van der Waals surface area (Å²) in [6, 6.07) is 2.18. The molecule has 0 spiro atoms. The van der Waals surface area contributed by atoms with E-state index in [2.05, 4.69) is 48.7 Å². The highest BCUT2D eigenvalue weighted by Gasteiger charge is 2.16. The molecule has 0 amide bonds. The zero-order valence-electron chi connectivity index (χ0n) is 12.6. The van der Waals surface area contributed by atoms with Gasteiger partial charge in [0.15, 0.2) is 0 Å². The molecule has 0 aliphatic carbocycles. The lowest BCUT2D eigenvalue weighted by molar-refractivity contribution is 0.742. The second-order valence-electron chi connectivity index (χ2n) is 4.81. The Hall–Kier alpha value is -1.89. The lowest BCUT2D eigenvalue weighted by Crippen LogP contribution is -2.04. The number of H-pyrrole nitrogens is 1. The Morgan fingerprint density at radius 1 is 1.11 bits per heavy atom. The monoisotopic (exact) mass is 258 g/mol. The third-order valence-corrected chi connectivity index (χ3v) is 2.76. The molecule has 2 aromatic heterocycles. The molecule has 2 aromatic rings. The third kappa shape index (κ3) is 2.93. The fraction of sp³-hybridized carbons (Fsp3) is 0.533. The van der Waals surface area contributed by atoms with Crippen LogP contribution in [0.25, 0.3) is 11.0 Å². The second-order valence-corrected chi connectivity index (χ2v) is 4.81. The number of aromatic amines is 1. The Morgan fingerprint density at radius 3 is 2.21 bits per heavy atom. The van der Waals surface area contributed by atoms with Crippen molar-refractivity contribution in [1.29, 1.82) is 5.26 Å². The average molecular weight is 258 g/mol. The van der Waals surface area contributed by atoms with E-state index in [9.17, 15) is 0 Å². The maximum atomic E-state index is 9.08. The number of rotatable bonds is 2. The minimum Gasteiger partial charge on any atom is -0.345 e. The summed E-state index contributed by atoms with van der Waals surface area (Å²) in [6.07, 6.45) is 1.70. The summed E-state index contributed by atoms with van der Waals surface area (Å²) in [4.78, 5) is 12.1. The van der Waals surface area contributed by atoms with Crippen molar-refractivity contribution in [3.05, 3.63) is 23.3 Å². The SMILES string of the molecule is CC.CC(C)c1nc(C(C)C)c2c(C#N)c[nH]c2n1. The van der Waals surface area contributed by atoms with Crippen molar-refractivity contribution in [2.24, 2.45) is 0 Å². The first-order chi connectivity index (χ1) is 9.04. The van der Waals surface area contributed by atoms with Gasteiger partial charge in [-0.15, -0.1) is 0 Å². The van der Waals surface area contributed by atoms with E-state index >= 15 is 0 Å². The summed E-state index contributed by atoms with van der Waals surface area (Å²) < 4.78 is 0. The van der Waals surface area contributed by atoms with Crippen molar-refractivity contribution in [1.82, 2.24) is 15.0 Å². The molecular weight excluding hydrogens is 236 g/mol. The number of aromatic nitrogens is 3. The maximum Gasteiger partial charge on any atom is 0.142 e. The Bertz CT molecular complexity index is 588. The number of nitrogens with zero attached hydrogens (tertiary/aromatic N) is 3. The summed E-state index contributed by atoms with van der Waals surface area (Å²) in [7, 11) is 0. The van der Waals surface area contributed by atoms with Crippen molar-refractivity contribution >= 4 is 11.0 Å². The Morgan fingerprint density at radius 2 is 1.74 bits per heavy atom. The molecule has 0 aliphatic rings. The molecule has 0 bridgehead atoms. The maximum absolute atomic E-state index is 9.08. The first-order valence-corrected chi connectivity index (χ1v) is 6.83. The first-order valence-electron chi connectivity index (χ1n) is 6.83. The standard InChI is InChI=1S/C13H16N4.C2H6/c1-7(2)11-10-9(5-14)6-15-13(10)17-12(16-11)8(3)4;1-2/h6-8H,1-4H3,(H,15,16,17);1-2H3. The van der Waals surface area contributed by atoms with E-state index in [1.54, 1.807) is 6.20 Å². The third-order valence-electron chi connectivity index (χ3n) is 2.76. The van der Waals surface area contributed by atoms with Gasteiger partial charge in [0.1, 0.15) is 17.5 Å². The van der Waals surface area contributed by atoms with E-state index < -0.39 is 0 Å². The van der Waals surface area contributed by atoms with Gasteiger partial charge < -0.3 is 4.98 Å². The number of nitrogens with one attached hydrogen (secondary N) is 1. The van der Waals surface area contributed by atoms with Crippen LogP contribution in [-0.4, -0.2) is 15.0 Å². The van der Waals surface area contributed by atoms with Crippen molar-refractivity contribution in [2.75, 3.05) is 0 Å². The molecule has 4 nitrogen and oxygen atoms in total. The first kappa shape index (κ1) is 15.2. The quantitative estimate of drug-likeness (QED) is 0.881. The summed E-state index contributed by atoms with van der Waals surface area (Å²) >= 11 is 0. The van der Waals surface area contributed by atoms with Gasteiger partial charge in [0.2, 0.25) is 0 Å². The van der Waals surface area contributed by atoms with E-state index in [0.29, 0.717) is 5.56 Å². The average Bonchev–Trinajstić information content (AvgIpc) is 2.82. The smallest absolute Gasteiger partial charge is 0.142 e. The normalized spacial score (nSPS) is 10.5.